The van der Waals surface area contributed by atoms with Crippen LogP contribution in [-0.2, 0) is 20.7 Å². The van der Waals surface area contributed by atoms with Gasteiger partial charge in [0.25, 0.3) is 0 Å². The molecule has 3 aromatic rings. The molecule has 2 fully saturated rings. The van der Waals surface area contributed by atoms with Crippen molar-refractivity contribution in [1.29, 1.82) is 0 Å². The van der Waals surface area contributed by atoms with Crippen LogP contribution in [0.2, 0.25) is 0 Å². The molecule has 3 atom stereocenters. The minimum Gasteiger partial charge on any atom is -0.372 e. The molecule has 3 aliphatic heterocycles. The summed E-state index contributed by atoms with van der Waals surface area (Å²) in [5.41, 5.74) is -1.15. The highest BCUT2D eigenvalue weighted by Crippen LogP contribution is 2.49. The lowest BCUT2D eigenvalue weighted by atomic mass is 9.66. The number of carbonyl (C=O) groups excluding carboxylic acids is 3. The molecule has 1 aromatic carbocycles. The zero-order valence-corrected chi connectivity index (χ0v) is 17.5. The van der Waals surface area contributed by atoms with E-state index in [1.54, 1.807) is 17.9 Å². The number of hydrogen-bond acceptors (Lipinski definition) is 9. The number of fused-ring (bicyclic) bond motifs is 5. The maximum Gasteiger partial charge on any atom is 0.328 e. The first-order valence-electron chi connectivity index (χ1n) is 10.4. The summed E-state index contributed by atoms with van der Waals surface area (Å²) >= 11 is 0. The molecule has 13 heteroatoms. The number of benzene rings is 1. The van der Waals surface area contributed by atoms with Crippen LogP contribution in [0, 0.1) is 11.2 Å². The normalized spacial score (nSPS) is 26.2. The number of nitrogens with zero attached hydrogens (tertiary/aromatic N) is 5. The minimum atomic E-state index is -1.70. The summed E-state index contributed by atoms with van der Waals surface area (Å²) in [6, 6.07) is -0.0973. The molecule has 2 saturated heterocycles. The quantitative estimate of drug-likeness (QED) is 0.499. The SMILES string of the molecule is C[C@H]1CN2c3c(cc4c(-n5cncn5)noc4c3F)CC3(C(=O)NC(=O)NC3=O)[C@@H]2[C@@H](C)O1. The van der Waals surface area contributed by atoms with Gasteiger partial charge >= 0.3 is 6.03 Å². The summed E-state index contributed by atoms with van der Waals surface area (Å²) in [5, 5.41) is 12.7. The van der Waals surface area contributed by atoms with Gasteiger partial charge < -0.3 is 14.2 Å². The lowest BCUT2D eigenvalue weighted by Gasteiger charge is -2.55. The second-order valence-corrected chi connectivity index (χ2v) is 8.56. The highest BCUT2D eigenvalue weighted by Gasteiger charge is 2.63. The third kappa shape index (κ3) is 2.53. The Morgan fingerprint density at radius 3 is 2.67 bits per heavy atom. The second kappa shape index (κ2) is 6.57. The van der Waals surface area contributed by atoms with Crippen molar-refractivity contribution in [1.82, 2.24) is 30.6 Å². The van der Waals surface area contributed by atoms with E-state index >= 15 is 4.39 Å². The Morgan fingerprint density at radius 1 is 1.21 bits per heavy atom. The molecular formula is C20H18FN7O5. The van der Waals surface area contributed by atoms with Gasteiger partial charge in [-0.2, -0.15) is 9.78 Å². The Morgan fingerprint density at radius 2 is 1.97 bits per heavy atom. The van der Waals surface area contributed by atoms with Crippen molar-refractivity contribution in [2.24, 2.45) is 5.41 Å². The molecule has 0 aliphatic carbocycles. The van der Waals surface area contributed by atoms with Gasteiger partial charge in [0.05, 0.1) is 29.3 Å². The van der Waals surface area contributed by atoms with Crippen LogP contribution >= 0.6 is 0 Å². The fourth-order valence-electron chi connectivity index (χ4n) is 5.42. The first-order valence-corrected chi connectivity index (χ1v) is 10.4. The highest BCUT2D eigenvalue weighted by molar-refractivity contribution is 6.20. The molecule has 0 saturated carbocycles. The third-order valence-corrected chi connectivity index (χ3v) is 6.58. The van der Waals surface area contributed by atoms with Crippen LogP contribution in [0.25, 0.3) is 16.8 Å². The zero-order chi connectivity index (χ0) is 23.1. The molecule has 33 heavy (non-hydrogen) atoms. The van der Waals surface area contributed by atoms with Crippen LogP contribution < -0.4 is 15.5 Å². The van der Waals surface area contributed by atoms with E-state index < -0.39 is 41.2 Å². The van der Waals surface area contributed by atoms with Gasteiger partial charge in [0.2, 0.25) is 23.2 Å². The van der Waals surface area contributed by atoms with Crippen molar-refractivity contribution in [3.8, 4) is 5.82 Å². The smallest absolute Gasteiger partial charge is 0.328 e. The molecule has 0 bridgehead atoms. The van der Waals surface area contributed by atoms with Crippen molar-refractivity contribution < 1.29 is 28.0 Å². The maximum absolute atomic E-state index is 15.9. The van der Waals surface area contributed by atoms with Crippen molar-refractivity contribution in [3.05, 3.63) is 30.1 Å². The monoisotopic (exact) mass is 455 g/mol. The zero-order valence-electron chi connectivity index (χ0n) is 17.5. The first kappa shape index (κ1) is 19.8. The largest absolute Gasteiger partial charge is 0.372 e. The fourth-order valence-corrected chi connectivity index (χ4v) is 5.42. The highest BCUT2D eigenvalue weighted by atomic mass is 19.1. The van der Waals surface area contributed by atoms with Gasteiger partial charge in [-0.15, -0.1) is 0 Å². The standard InChI is InChI=1S/C20H18FN7O5/c1-8-5-27-13-10(3-11-14(12(13)21)33-26-16(11)28-7-22-6-23-28)4-20(15(27)9(2)32-8)17(29)24-19(31)25-18(20)30/h3,6-9,15H,4-5H2,1-2H3,(H2,24,25,29,30,31)/t8-,9+,15-/m0/s1. The molecule has 0 unspecified atom stereocenters. The summed E-state index contributed by atoms with van der Waals surface area (Å²) in [6.45, 7) is 3.78. The summed E-state index contributed by atoms with van der Waals surface area (Å²) in [7, 11) is 0. The van der Waals surface area contributed by atoms with Crippen molar-refractivity contribution in [3.63, 3.8) is 0 Å². The number of urea groups is 1. The van der Waals surface area contributed by atoms with Crippen LogP contribution in [0.5, 0.6) is 0 Å². The number of anilines is 1. The van der Waals surface area contributed by atoms with Gasteiger partial charge in [-0.3, -0.25) is 20.2 Å². The summed E-state index contributed by atoms with van der Waals surface area (Å²) in [5.74, 6) is -1.93. The Balaban J connectivity index is 1.61. The van der Waals surface area contributed by atoms with Gasteiger partial charge in [-0.05, 0) is 25.5 Å². The van der Waals surface area contributed by atoms with E-state index in [9.17, 15) is 14.4 Å². The van der Waals surface area contributed by atoms with E-state index in [-0.39, 0.29) is 36.2 Å². The van der Waals surface area contributed by atoms with Crippen LogP contribution in [0.15, 0.2) is 23.2 Å². The van der Waals surface area contributed by atoms with E-state index in [4.69, 9.17) is 9.26 Å². The minimum absolute atomic E-state index is 0.0755. The van der Waals surface area contributed by atoms with Gasteiger partial charge in [0, 0.05) is 13.0 Å². The van der Waals surface area contributed by atoms with E-state index in [1.807, 2.05) is 6.92 Å². The Hall–Kier alpha value is -3.87. The molecule has 5 heterocycles. The number of imide groups is 2. The number of amides is 4. The van der Waals surface area contributed by atoms with Gasteiger partial charge in [0.1, 0.15) is 12.7 Å². The molecular weight excluding hydrogens is 437 g/mol. The molecule has 3 aliphatic rings. The predicted octanol–water partition coefficient (Wildman–Crippen LogP) is 0.438. The Bertz CT molecular complexity index is 1320. The third-order valence-electron chi connectivity index (χ3n) is 6.58. The van der Waals surface area contributed by atoms with E-state index in [0.717, 1.165) is 0 Å². The summed E-state index contributed by atoms with van der Waals surface area (Å²) in [6.07, 6.45) is 1.64. The molecule has 170 valence electrons. The maximum atomic E-state index is 15.9. The number of hydrogen-bond donors (Lipinski definition) is 2. The Kier molecular flexibility index (Phi) is 3.94. The Labute approximate surface area is 185 Å². The average molecular weight is 455 g/mol. The van der Waals surface area contributed by atoms with Crippen molar-refractivity contribution in [2.75, 3.05) is 11.4 Å². The van der Waals surface area contributed by atoms with E-state index in [2.05, 4.69) is 25.9 Å². The molecule has 1 spiro atoms. The number of carbonyl (C=O) groups is 3. The van der Waals surface area contributed by atoms with Crippen LogP contribution in [0.4, 0.5) is 14.9 Å². The number of nitrogens with one attached hydrogen (secondary N) is 2. The number of ether oxygens (including phenoxy) is 1. The number of rotatable bonds is 1. The van der Waals surface area contributed by atoms with Crippen molar-refractivity contribution >= 4 is 34.5 Å². The van der Waals surface area contributed by atoms with Gasteiger partial charge in [-0.25, -0.2) is 14.2 Å². The number of halogens is 1. The van der Waals surface area contributed by atoms with E-state index in [1.165, 1.54) is 17.3 Å². The van der Waals surface area contributed by atoms with Crippen LogP contribution in [0.1, 0.15) is 19.4 Å². The predicted molar refractivity (Wildman–Crippen MR) is 108 cm³/mol. The molecule has 4 amide bonds. The fraction of sp³-hybridized carbons (Fsp3) is 0.400. The van der Waals surface area contributed by atoms with Crippen molar-refractivity contribution in [2.45, 2.75) is 38.5 Å². The summed E-state index contributed by atoms with van der Waals surface area (Å²) in [4.78, 5) is 43.8. The van der Waals surface area contributed by atoms with Gasteiger partial charge in [-0.1, -0.05) is 5.16 Å². The number of aromatic nitrogens is 4. The second-order valence-electron chi connectivity index (χ2n) is 8.56. The molecule has 6 rings (SSSR count). The number of morpholine rings is 1. The van der Waals surface area contributed by atoms with Crippen LogP contribution in [-0.4, -0.2) is 62.6 Å². The molecule has 0 radical (unpaired) electrons. The lowest BCUT2D eigenvalue weighted by Crippen LogP contribution is -2.75. The summed E-state index contributed by atoms with van der Waals surface area (Å²) < 4.78 is 28.5. The lowest BCUT2D eigenvalue weighted by molar-refractivity contribution is -0.153. The molecule has 2 aromatic heterocycles. The topological polar surface area (TPSA) is 144 Å². The average Bonchev–Trinajstić information content (AvgIpc) is 3.41. The number of barbiturate groups is 1. The molecule has 12 nitrogen and oxygen atoms in total. The first-order chi connectivity index (χ1) is 15.8. The van der Waals surface area contributed by atoms with Crippen LogP contribution in [0.3, 0.4) is 0 Å². The molecule has 2 N–H and O–H groups in total. The van der Waals surface area contributed by atoms with Gasteiger partial charge in [0.15, 0.2) is 11.2 Å². The van der Waals surface area contributed by atoms with E-state index in [0.29, 0.717) is 10.9 Å².